The van der Waals surface area contributed by atoms with Gasteiger partial charge in [-0.1, -0.05) is 40.9 Å². The van der Waals surface area contributed by atoms with Crippen molar-refractivity contribution in [2.24, 2.45) is 5.92 Å². The van der Waals surface area contributed by atoms with E-state index in [-0.39, 0.29) is 17.8 Å². The van der Waals surface area contributed by atoms with Crippen LogP contribution in [-0.4, -0.2) is 23.0 Å². The highest BCUT2D eigenvalue weighted by Gasteiger charge is 2.34. The Hall–Kier alpha value is -1.62. The molecule has 0 spiro atoms. The van der Waals surface area contributed by atoms with Crippen molar-refractivity contribution >= 4 is 21.9 Å². The molecule has 116 valence electrons. The first-order valence-corrected chi connectivity index (χ1v) is 8.37. The smallest absolute Gasteiger partial charge is 0.309 e. The largest absolute Gasteiger partial charge is 0.469 e. The zero-order chi connectivity index (χ0) is 15.5. The van der Waals surface area contributed by atoms with Crippen molar-refractivity contribution in [2.75, 3.05) is 7.11 Å². The van der Waals surface area contributed by atoms with Gasteiger partial charge in [0.2, 0.25) is 0 Å². The number of aromatic nitrogens is 2. The second kappa shape index (κ2) is 6.65. The van der Waals surface area contributed by atoms with Crippen LogP contribution in [0, 0.1) is 5.92 Å². The van der Waals surface area contributed by atoms with Crippen molar-refractivity contribution in [1.29, 1.82) is 0 Å². The number of ether oxygens (including phenoxy) is 1. The van der Waals surface area contributed by atoms with Crippen molar-refractivity contribution in [3.05, 3.63) is 40.8 Å². The number of H-pyrrole nitrogens is 1. The maximum Gasteiger partial charge on any atom is 0.309 e. The number of carbonyl (C=O) groups excluding carboxylic acids is 1. The molecule has 0 amide bonds. The molecule has 1 aliphatic carbocycles. The molecule has 1 N–H and O–H groups in total. The van der Waals surface area contributed by atoms with Crippen LogP contribution in [0.4, 0.5) is 0 Å². The molecule has 0 bridgehead atoms. The van der Waals surface area contributed by atoms with Gasteiger partial charge >= 0.3 is 5.97 Å². The highest BCUT2D eigenvalue weighted by atomic mass is 79.9. The third-order valence-corrected chi connectivity index (χ3v) is 4.90. The SMILES string of the molecule is COC(=O)[C@H]1CCCC[C@@H]1c1ncc(-c2ccc(Br)cc2)[nH]1. The van der Waals surface area contributed by atoms with Gasteiger partial charge in [0.1, 0.15) is 5.82 Å². The second-order valence-electron chi connectivity index (χ2n) is 5.71. The molecule has 1 aromatic carbocycles. The average molecular weight is 363 g/mol. The predicted octanol–water partition coefficient (Wildman–Crippen LogP) is 4.29. The number of nitrogens with one attached hydrogen (secondary N) is 1. The number of aromatic amines is 1. The third kappa shape index (κ3) is 3.09. The van der Waals surface area contributed by atoms with Crippen LogP contribution in [0.5, 0.6) is 0 Å². The molecule has 1 heterocycles. The van der Waals surface area contributed by atoms with E-state index in [1.807, 2.05) is 30.5 Å². The molecule has 1 fully saturated rings. The van der Waals surface area contributed by atoms with E-state index < -0.39 is 0 Å². The zero-order valence-corrected chi connectivity index (χ0v) is 14.1. The number of rotatable bonds is 3. The molecule has 2 aromatic rings. The number of hydrogen-bond acceptors (Lipinski definition) is 3. The Bertz CT molecular complexity index is 651. The lowest BCUT2D eigenvalue weighted by Gasteiger charge is -2.27. The number of esters is 1. The van der Waals surface area contributed by atoms with Crippen LogP contribution < -0.4 is 0 Å². The van der Waals surface area contributed by atoms with Crippen molar-refractivity contribution in [3.8, 4) is 11.3 Å². The van der Waals surface area contributed by atoms with Crippen molar-refractivity contribution in [1.82, 2.24) is 9.97 Å². The number of nitrogens with zero attached hydrogens (tertiary/aromatic N) is 1. The molecule has 1 aromatic heterocycles. The summed E-state index contributed by atoms with van der Waals surface area (Å²) in [5.74, 6) is 0.826. The Morgan fingerprint density at radius 2 is 2.00 bits per heavy atom. The van der Waals surface area contributed by atoms with Crippen LogP contribution in [0.3, 0.4) is 0 Å². The summed E-state index contributed by atoms with van der Waals surface area (Å²) in [4.78, 5) is 19.9. The number of methoxy groups -OCH3 is 1. The average Bonchev–Trinajstić information content (AvgIpc) is 3.04. The van der Waals surface area contributed by atoms with Crippen molar-refractivity contribution in [2.45, 2.75) is 31.6 Å². The monoisotopic (exact) mass is 362 g/mol. The topological polar surface area (TPSA) is 55.0 Å². The predicted molar refractivity (Wildman–Crippen MR) is 88.4 cm³/mol. The normalized spacial score (nSPS) is 21.5. The van der Waals surface area contributed by atoms with Crippen LogP contribution in [0.15, 0.2) is 34.9 Å². The van der Waals surface area contributed by atoms with E-state index in [0.29, 0.717) is 0 Å². The summed E-state index contributed by atoms with van der Waals surface area (Å²) in [5, 5.41) is 0. The van der Waals surface area contributed by atoms with Crippen LogP contribution in [-0.2, 0) is 9.53 Å². The second-order valence-corrected chi connectivity index (χ2v) is 6.63. The molecule has 0 aliphatic heterocycles. The van der Waals surface area contributed by atoms with Gasteiger partial charge in [-0.15, -0.1) is 0 Å². The molecule has 5 heteroatoms. The fourth-order valence-electron chi connectivity index (χ4n) is 3.19. The van der Waals surface area contributed by atoms with Gasteiger partial charge in [-0.2, -0.15) is 0 Å². The van der Waals surface area contributed by atoms with E-state index in [9.17, 15) is 4.79 Å². The lowest BCUT2D eigenvalue weighted by atomic mass is 9.79. The van der Waals surface area contributed by atoms with Gasteiger partial charge in [0.15, 0.2) is 0 Å². The standard InChI is InChI=1S/C17H19BrN2O2/c1-22-17(21)14-5-3-2-4-13(14)16-19-10-15(20-16)11-6-8-12(18)9-7-11/h6-10,13-14H,2-5H2,1H3,(H,19,20)/t13-,14-/m0/s1. The molecule has 1 aliphatic rings. The van der Waals surface area contributed by atoms with Gasteiger partial charge in [-0.05, 0) is 30.5 Å². The molecule has 1 saturated carbocycles. The quantitative estimate of drug-likeness (QED) is 0.828. The third-order valence-electron chi connectivity index (χ3n) is 4.37. The first-order valence-electron chi connectivity index (χ1n) is 7.57. The summed E-state index contributed by atoms with van der Waals surface area (Å²) >= 11 is 3.44. The highest BCUT2D eigenvalue weighted by Crippen LogP contribution is 2.37. The van der Waals surface area contributed by atoms with Gasteiger partial charge in [-0.25, -0.2) is 4.98 Å². The number of halogens is 1. The minimum atomic E-state index is -0.119. The van der Waals surface area contributed by atoms with Crippen LogP contribution >= 0.6 is 15.9 Å². The molecule has 0 radical (unpaired) electrons. The van der Waals surface area contributed by atoms with Crippen LogP contribution in [0.1, 0.15) is 37.4 Å². The molecular formula is C17H19BrN2O2. The number of benzene rings is 1. The Morgan fingerprint density at radius 1 is 1.27 bits per heavy atom. The summed E-state index contributed by atoms with van der Waals surface area (Å²) in [5.41, 5.74) is 2.07. The lowest BCUT2D eigenvalue weighted by Crippen LogP contribution is -2.27. The van der Waals surface area contributed by atoms with Gasteiger partial charge in [0, 0.05) is 10.4 Å². The first-order chi connectivity index (χ1) is 10.7. The van der Waals surface area contributed by atoms with E-state index in [1.165, 1.54) is 7.11 Å². The fraction of sp³-hybridized carbons (Fsp3) is 0.412. The van der Waals surface area contributed by atoms with Crippen LogP contribution in [0.25, 0.3) is 11.3 Å². The van der Waals surface area contributed by atoms with Gasteiger partial charge in [0.05, 0.1) is 24.9 Å². The number of hydrogen-bond donors (Lipinski definition) is 1. The van der Waals surface area contributed by atoms with E-state index in [0.717, 1.165) is 47.2 Å². The summed E-state index contributed by atoms with van der Waals surface area (Å²) < 4.78 is 6.01. The maximum atomic E-state index is 12.0. The van der Waals surface area contributed by atoms with Gasteiger partial charge in [-0.3, -0.25) is 4.79 Å². The number of carbonyl (C=O) groups is 1. The molecule has 4 nitrogen and oxygen atoms in total. The molecule has 0 unspecified atom stereocenters. The maximum absolute atomic E-state index is 12.0. The van der Waals surface area contributed by atoms with E-state index in [4.69, 9.17) is 4.74 Å². The molecule has 3 rings (SSSR count). The fourth-order valence-corrected chi connectivity index (χ4v) is 3.46. The molecule has 2 atom stereocenters. The molecule has 22 heavy (non-hydrogen) atoms. The minimum absolute atomic E-state index is 0.0809. The highest BCUT2D eigenvalue weighted by molar-refractivity contribution is 9.10. The lowest BCUT2D eigenvalue weighted by molar-refractivity contribution is -0.147. The van der Waals surface area contributed by atoms with Gasteiger partial charge < -0.3 is 9.72 Å². The van der Waals surface area contributed by atoms with E-state index >= 15 is 0 Å². The first kappa shape index (κ1) is 15.3. The van der Waals surface area contributed by atoms with E-state index in [2.05, 4.69) is 25.9 Å². The Kier molecular flexibility index (Phi) is 4.62. The summed E-state index contributed by atoms with van der Waals surface area (Å²) in [6, 6.07) is 8.10. The summed E-state index contributed by atoms with van der Waals surface area (Å²) in [6.07, 6.45) is 5.92. The van der Waals surface area contributed by atoms with Gasteiger partial charge in [0.25, 0.3) is 0 Å². The van der Waals surface area contributed by atoms with E-state index in [1.54, 1.807) is 0 Å². The zero-order valence-electron chi connectivity index (χ0n) is 12.5. The van der Waals surface area contributed by atoms with Crippen LogP contribution in [0.2, 0.25) is 0 Å². The minimum Gasteiger partial charge on any atom is -0.469 e. The Balaban J connectivity index is 1.85. The Labute approximate surface area is 138 Å². The molecule has 0 saturated heterocycles. The summed E-state index contributed by atoms with van der Waals surface area (Å²) in [7, 11) is 1.46. The Morgan fingerprint density at radius 3 is 2.73 bits per heavy atom. The van der Waals surface area contributed by atoms with Crippen molar-refractivity contribution in [3.63, 3.8) is 0 Å². The summed E-state index contributed by atoms with van der Waals surface area (Å²) in [6.45, 7) is 0. The number of imidazole rings is 1. The van der Waals surface area contributed by atoms with Crippen molar-refractivity contribution < 1.29 is 9.53 Å². The molecular weight excluding hydrogens is 344 g/mol.